The fourth-order valence-electron chi connectivity index (χ4n) is 11.7. The van der Waals surface area contributed by atoms with Gasteiger partial charge in [-0.15, -0.1) is 0 Å². The Morgan fingerprint density at radius 3 is 2.16 bits per heavy atom. The Morgan fingerprint density at radius 2 is 1.57 bits per heavy atom. The minimum Gasteiger partial charge on any atom is -0.444 e. The van der Waals surface area contributed by atoms with E-state index in [2.05, 4.69) is 34.6 Å². The number of hydrogen-bond donors (Lipinski definition) is 1. The molecule has 37 heavy (non-hydrogen) atoms. The van der Waals surface area contributed by atoms with E-state index in [1.807, 2.05) is 39.8 Å². The van der Waals surface area contributed by atoms with Crippen molar-refractivity contribution in [2.75, 3.05) is 14.1 Å². The minimum atomic E-state index is -0.479. The molecule has 1 N–H and O–H groups in total. The number of carbonyl (C=O) groups excluding carboxylic acids is 1. The van der Waals surface area contributed by atoms with E-state index in [-0.39, 0.29) is 46.4 Å². The lowest BCUT2D eigenvalue weighted by Gasteiger charge is -2.64. The van der Waals surface area contributed by atoms with Crippen molar-refractivity contribution in [2.24, 2.45) is 44.8 Å². The van der Waals surface area contributed by atoms with Gasteiger partial charge in [-0.3, -0.25) is 0 Å². The molecule has 5 aliphatic rings. The second-order valence-electron chi connectivity index (χ2n) is 16.0. The van der Waals surface area contributed by atoms with Gasteiger partial charge in [0.25, 0.3) is 0 Å². The molecule has 1 amide bonds. The lowest BCUT2D eigenvalue weighted by Crippen LogP contribution is -2.60. The summed E-state index contributed by atoms with van der Waals surface area (Å²) in [5, 5.41) is 11.5. The van der Waals surface area contributed by atoms with Crippen molar-refractivity contribution < 1.29 is 14.6 Å². The highest BCUT2D eigenvalue weighted by molar-refractivity contribution is 6.13. The summed E-state index contributed by atoms with van der Waals surface area (Å²) < 4.78 is 7.58. The summed E-state index contributed by atoms with van der Waals surface area (Å²) in [6.07, 6.45) is 9.00. The van der Waals surface area contributed by atoms with Crippen LogP contribution in [0.2, 0.25) is 0 Å². The van der Waals surface area contributed by atoms with Gasteiger partial charge in [-0.1, -0.05) is 27.7 Å². The molecule has 5 nitrogen and oxygen atoms in total. The van der Waals surface area contributed by atoms with Crippen molar-refractivity contribution in [3.05, 3.63) is 0 Å². The molecule has 0 aromatic carbocycles. The van der Waals surface area contributed by atoms with Crippen molar-refractivity contribution in [1.82, 2.24) is 9.32 Å². The number of ether oxygens (including phenoxy) is 1. The van der Waals surface area contributed by atoms with Gasteiger partial charge in [0.05, 0.1) is 6.10 Å². The van der Waals surface area contributed by atoms with Crippen LogP contribution in [0.15, 0.2) is 0 Å². The predicted molar refractivity (Wildman–Crippen MR) is 149 cm³/mol. The summed E-state index contributed by atoms with van der Waals surface area (Å²) >= 11 is 6.49. The molecule has 0 aliphatic heterocycles. The second kappa shape index (κ2) is 8.26. The maximum atomic E-state index is 13.1. The van der Waals surface area contributed by atoms with Gasteiger partial charge < -0.3 is 14.7 Å². The van der Waals surface area contributed by atoms with Crippen LogP contribution in [0.4, 0.5) is 4.79 Å². The molecule has 0 aromatic rings. The van der Waals surface area contributed by atoms with E-state index in [0.717, 1.165) is 12.8 Å². The second-order valence-corrected chi connectivity index (χ2v) is 16.6. The zero-order chi connectivity index (χ0) is 27.6. The third kappa shape index (κ3) is 3.57. The average molecular weight is 537 g/mol. The summed E-state index contributed by atoms with van der Waals surface area (Å²) in [6, 6.07) is 0.356. The molecule has 5 rings (SSSR count). The molecule has 5 aliphatic carbocycles. The molecule has 0 saturated heterocycles. The smallest absolute Gasteiger partial charge is 0.410 e. The number of aliphatic hydroxyl groups excluding tert-OH is 1. The largest absolute Gasteiger partial charge is 0.444 e. The van der Waals surface area contributed by atoms with Crippen LogP contribution in [0.25, 0.3) is 0 Å². The first kappa shape index (κ1) is 28.0. The molecule has 0 aromatic heterocycles. The first-order chi connectivity index (χ1) is 16.9. The predicted octanol–water partition coefficient (Wildman–Crippen LogP) is 7.11. The SMILES string of the molecule is C[C@@H](C1[C@H](O)C[C@@]2(C)[C@@H]3CC[C@H]4C(C)(C)[C@@H](N(C)C(=O)OC(C)(C)C)CC[C@@]45C[C@@]35CC[C@]12C)N(C)Cl. The van der Waals surface area contributed by atoms with Gasteiger partial charge in [-0.2, -0.15) is 0 Å². The zero-order valence-electron chi connectivity index (χ0n) is 25.2. The molecule has 212 valence electrons. The third-order valence-electron chi connectivity index (χ3n) is 13.4. The van der Waals surface area contributed by atoms with E-state index < -0.39 is 5.60 Å². The van der Waals surface area contributed by atoms with Crippen molar-refractivity contribution in [3.8, 4) is 0 Å². The molecule has 0 radical (unpaired) electrons. The fourth-order valence-corrected chi connectivity index (χ4v) is 11.8. The highest BCUT2D eigenvalue weighted by Gasteiger charge is 2.83. The molecule has 5 saturated carbocycles. The summed E-state index contributed by atoms with van der Waals surface area (Å²) in [4.78, 5) is 15.0. The maximum Gasteiger partial charge on any atom is 0.410 e. The lowest BCUT2D eigenvalue weighted by atomic mass is 9.41. The normalized spacial score (nSPS) is 48.8. The number of aliphatic hydroxyl groups is 1. The maximum absolute atomic E-state index is 13.1. The molecular formula is C31H53ClN2O3. The summed E-state index contributed by atoms with van der Waals surface area (Å²) in [7, 11) is 3.90. The monoisotopic (exact) mass is 536 g/mol. The average Bonchev–Trinajstić information content (AvgIpc) is 3.36. The van der Waals surface area contributed by atoms with Gasteiger partial charge in [0.1, 0.15) is 5.60 Å². The standard InChI is InChI=1S/C31H53ClN2O3/c1-19(34(10)32)24-20(35)17-29(8)22-12-11-21-27(5,6)23(33(9)25(36)37-26(2,3)4)13-14-30(21)18-31(22,30)16-15-28(24,29)7/h19-24,35H,11-18H2,1-10H3/t19-,20+,21-,22-,23-,24?,28+,29-,30+,31-/m0/s1. The summed E-state index contributed by atoms with van der Waals surface area (Å²) in [5.41, 5.74) is 0.611. The number of amides is 1. The molecule has 5 fully saturated rings. The Morgan fingerprint density at radius 1 is 0.973 bits per heavy atom. The molecule has 2 spiro atoms. The Labute approximate surface area is 231 Å². The Bertz CT molecular complexity index is 947. The van der Waals surface area contributed by atoms with Crippen LogP contribution in [0, 0.1) is 44.8 Å². The topological polar surface area (TPSA) is 53.0 Å². The highest BCUT2D eigenvalue weighted by Crippen LogP contribution is 2.89. The van der Waals surface area contributed by atoms with Gasteiger partial charge in [0.15, 0.2) is 0 Å². The summed E-state index contributed by atoms with van der Waals surface area (Å²) in [6.45, 7) is 17.9. The van der Waals surface area contributed by atoms with Crippen LogP contribution >= 0.6 is 11.8 Å². The quantitative estimate of drug-likeness (QED) is 0.390. The number of halogens is 1. The molecule has 1 unspecified atom stereocenters. The van der Waals surface area contributed by atoms with Gasteiger partial charge >= 0.3 is 6.09 Å². The van der Waals surface area contributed by atoms with E-state index >= 15 is 0 Å². The van der Waals surface area contributed by atoms with Crippen molar-refractivity contribution in [3.63, 3.8) is 0 Å². The van der Waals surface area contributed by atoms with E-state index in [0.29, 0.717) is 22.7 Å². The van der Waals surface area contributed by atoms with Crippen molar-refractivity contribution in [1.29, 1.82) is 0 Å². The number of nitrogens with zero attached hydrogens (tertiary/aromatic N) is 2. The van der Waals surface area contributed by atoms with E-state index in [1.165, 1.54) is 38.5 Å². The third-order valence-corrected chi connectivity index (χ3v) is 13.7. The molecule has 0 heterocycles. The Hall–Kier alpha value is -0.520. The number of fused-ring (bicyclic) bond motifs is 2. The minimum absolute atomic E-state index is 0.0492. The van der Waals surface area contributed by atoms with Gasteiger partial charge in [0, 0.05) is 32.1 Å². The van der Waals surface area contributed by atoms with Crippen LogP contribution in [0.5, 0.6) is 0 Å². The van der Waals surface area contributed by atoms with Crippen LogP contribution in [0.1, 0.15) is 107 Å². The van der Waals surface area contributed by atoms with E-state index in [1.54, 1.807) is 4.42 Å². The van der Waals surface area contributed by atoms with Gasteiger partial charge in [0.2, 0.25) is 0 Å². The van der Waals surface area contributed by atoms with Gasteiger partial charge in [-0.25, -0.2) is 9.21 Å². The molecular weight excluding hydrogens is 484 g/mol. The van der Waals surface area contributed by atoms with Crippen LogP contribution in [-0.2, 0) is 4.74 Å². The first-order valence-electron chi connectivity index (χ1n) is 14.9. The zero-order valence-corrected chi connectivity index (χ0v) is 25.9. The number of rotatable bonds is 3. The fraction of sp³-hybridized carbons (Fsp3) is 0.968. The number of carbonyl (C=O) groups is 1. The number of hydrogen-bond acceptors (Lipinski definition) is 4. The Balaban J connectivity index is 1.42. The molecule has 6 heteroatoms. The van der Waals surface area contributed by atoms with E-state index in [4.69, 9.17) is 16.5 Å². The first-order valence-corrected chi connectivity index (χ1v) is 15.2. The molecule has 0 bridgehead atoms. The van der Waals surface area contributed by atoms with E-state index in [9.17, 15) is 9.90 Å². The van der Waals surface area contributed by atoms with Gasteiger partial charge in [-0.05, 0) is 130 Å². The lowest BCUT2D eigenvalue weighted by molar-refractivity contribution is -0.152. The van der Waals surface area contributed by atoms with Crippen molar-refractivity contribution in [2.45, 2.75) is 131 Å². The summed E-state index contributed by atoms with van der Waals surface area (Å²) in [5.74, 6) is 1.50. The molecule has 10 atom stereocenters. The highest BCUT2D eigenvalue weighted by atomic mass is 35.5. The van der Waals surface area contributed by atoms with Crippen LogP contribution in [-0.4, -0.2) is 58.4 Å². The Kier molecular flexibility index (Phi) is 6.25. The van der Waals surface area contributed by atoms with Crippen LogP contribution in [0.3, 0.4) is 0 Å². The van der Waals surface area contributed by atoms with Crippen LogP contribution < -0.4 is 0 Å². The van der Waals surface area contributed by atoms with Crippen molar-refractivity contribution >= 4 is 17.9 Å².